The van der Waals surface area contributed by atoms with E-state index >= 15 is 0 Å². The standard InChI is InChI=1S/C9H10O2/c10-9(11)7-6-8-4-2-1-3-5-8/h1-5H,6-7H2,(H,10,11)/i6D,7D/hD. The molecule has 58 valence electrons. The summed E-state index contributed by atoms with van der Waals surface area (Å²) in [5.74, 6) is -1.01. The maximum atomic E-state index is 10.8. The summed E-state index contributed by atoms with van der Waals surface area (Å²) in [6.45, 7) is 0. The number of hydrogen-bond donors (Lipinski definition) is 1. The lowest BCUT2D eigenvalue weighted by atomic mass is 10.1. The van der Waals surface area contributed by atoms with Gasteiger partial charge in [0.15, 0.2) is 0 Å². The number of aliphatic carboxylic acids is 1. The van der Waals surface area contributed by atoms with Gasteiger partial charge in [-0.25, -0.2) is 0 Å². The highest BCUT2D eigenvalue weighted by atomic mass is 16.4. The maximum absolute atomic E-state index is 10.8. The molecule has 0 aromatic heterocycles. The molecule has 0 saturated carbocycles. The van der Waals surface area contributed by atoms with Crippen LogP contribution in [0.1, 0.15) is 14.7 Å². The number of carbonyl (C=O) groups is 1. The topological polar surface area (TPSA) is 37.3 Å². The molecule has 0 bridgehead atoms. The number of benzene rings is 1. The van der Waals surface area contributed by atoms with Crippen molar-refractivity contribution >= 4 is 5.97 Å². The van der Waals surface area contributed by atoms with E-state index in [1.165, 1.54) is 0 Å². The molecule has 0 aliphatic carbocycles. The van der Waals surface area contributed by atoms with Gasteiger partial charge < -0.3 is 5.11 Å². The third-order valence-corrected chi connectivity index (χ3v) is 1.21. The van der Waals surface area contributed by atoms with Crippen molar-refractivity contribution in [2.75, 3.05) is 0 Å². The van der Waals surface area contributed by atoms with Crippen molar-refractivity contribution in [2.45, 2.75) is 12.8 Å². The van der Waals surface area contributed by atoms with Crippen LogP contribution >= 0.6 is 0 Å². The van der Waals surface area contributed by atoms with Gasteiger partial charge in [0.2, 0.25) is 0 Å². The van der Waals surface area contributed by atoms with Crippen molar-refractivity contribution in [2.24, 2.45) is 0 Å². The minimum absolute atomic E-state index is 0.568. The van der Waals surface area contributed by atoms with Gasteiger partial charge in [0, 0.05) is 9.14 Å². The number of carboxylic acids is 1. The third kappa shape index (κ3) is 2.85. The summed E-state index contributed by atoms with van der Waals surface area (Å²) in [6.07, 6.45) is -2.37. The van der Waals surface area contributed by atoms with Gasteiger partial charge in [0.05, 0.1) is 0 Å². The molecule has 0 aliphatic rings. The zero-order valence-electron chi connectivity index (χ0n) is 8.86. The van der Waals surface area contributed by atoms with Crippen molar-refractivity contribution in [1.82, 2.24) is 0 Å². The Hall–Kier alpha value is -1.31. The highest BCUT2D eigenvalue weighted by Gasteiger charge is 1.96. The minimum Gasteiger partial charge on any atom is -0.481 e. The summed E-state index contributed by atoms with van der Waals surface area (Å²) in [5.41, 5.74) is 0.568. The van der Waals surface area contributed by atoms with E-state index in [9.17, 15) is 4.79 Å². The van der Waals surface area contributed by atoms with E-state index in [-0.39, 0.29) is 0 Å². The average molecular weight is 153 g/mol. The first kappa shape index (κ1) is 4.54. The van der Waals surface area contributed by atoms with Gasteiger partial charge in [-0.1, -0.05) is 30.3 Å². The molecular formula is C9H10O2. The summed E-state index contributed by atoms with van der Waals surface area (Å²) in [6, 6.07) is 8.58. The summed E-state index contributed by atoms with van der Waals surface area (Å²) in [7, 11) is 0. The molecule has 2 atom stereocenters. The zero-order chi connectivity index (χ0) is 10.6. The van der Waals surface area contributed by atoms with Crippen LogP contribution in [-0.4, -0.2) is 11.1 Å². The van der Waals surface area contributed by atoms with E-state index in [4.69, 9.17) is 4.17 Å². The quantitative estimate of drug-likeness (QED) is 0.717. The number of hydrogen-bond acceptors (Lipinski definition) is 2. The first-order valence-corrected chi connectivity index (χ1v) is 3.23. The molecule has 2 unspecified atom stereocenters. The van der Waals surface area contributed by atoms with E-state index in [0.717, 1.165) is 0 Å². The fraction of sp³-hybridized carbons (Fsp3) is 0.222. The fourth-order valence-corrected chi connectivity index (χ4v) is 0.728. The third-order valence-electron chi connectivity index (χ3n) is 1.21. The SMILES string of the molecule is [2H]OC(=O)C([2H])C([2H])c1ccccc1. The molecule has 0 fully saturated rings. The Morgan fingerprint density at radius 2 is 2.27 bits per heavy atom. The van der Waals surface area contributed by atoms with Gasteiger partial charge in [-0.3, -0.25) is 4.79 Å². The summed E-state index contributed by atoms with van der Waals surface area (Å²) >= 11 is 0. The summed E-state index contributed by atoms with van der Waals surface area (Å²) in [5, 5.41) is 3.66. The lowest BCUT2D eigenvalue weighted by molar-refractivity contribution is -0.136. The highest BCUT2D eigenvalue weighted by Crippen LogP contribution is 2.01. The van der Waals surface area contributed by atoms with E-state index in [1.807, 2.05) is 0 Å². The molecule has 0 amide bonds. The number of aryl methyl sites for hydroxylation is 1. The van der Waals surface area contributed by atoms with Crippen LogP contribution in [0.3, 0.4) is 0 Å². The molecule has 0 saturated heterocycles. The number of rotatable bonds is 3. The average Bonchev–Trinajstić information content (AvgIpc) is 2.27. The van der Waals surface area contributed by atoms with Crippen LogP contribution in [0, 0.1) is 0 Å². The maximum Gasteiger partial charge on any atom is 0.303 e. The molecule has 1 rings (SSSR count). The molecular weight excluding hydrogens is 140 g/mol. The Kier molecular flexibility index (Phi) is 1.55. The summed E-state index contributed by atoms with van der Waals surface area (Å²) in [4.78, 5) is 10.8. The number of carboxylic acid groups (broad SMARTS) is 1. The second kappa shape index (κ2) is 3.76. The van der Waals surface area contributed by atoms with Crippen LogP contribution in [-0.2, 0) is 11.2 Å². The van der Waals surface area contributed by atoms with Gasteiger partial charge in [-0.05, 0) is 12.0 Å². The summed E-state index contributed by atoms with van der Waals surface area (Å²) < 4.78 is 21.3. The van der Waals surface area contributed by atoms with Crippen LogP contribution in [0.15, 0.2) is 30.3 Å². The van der Waals surface area contributed by atoms with Gasteiger partial charge in [-0.2, -0.15) is 0 Å². The predicted octanol–water partition coefficient (Wildman–Crippen LogP) is 1.70. The molecule has 2 nitrogen and oxygen atoms in total. The Labute approximate surface area is 69.8 Å². The molecule has 1 aromatic rings. The second-order valence-corrected chi connectivity index (χ2v) is 2.06. The van der Waals surface area contributed by atoms with Crippen LogP contribution in [0.5, 0.6) is 0 Å². The van der Waals surface area contributed by atoms with Crippen molar-refractivity contribution < 1.29 is 12.6 Å². The van der Waals surface area contributed by atoms with Crippen LogP contribution in [0.2, 0.25) is 0 Å². The fourth-order valence-electron chi connectivity index (χ4n) is 0.728. The first-order chi connectivity index (χ1) is 6.66. The lowest BCUT2D eigenvalue weighted by Crippen LogP contribution is -1.96. The second-order valence-electron chi connectivity index (χ2n) is 2.06. The van der Waals surface area contributed by atoms with Gasteiger partial charge in [-0.15, -0.1) is 0 Å². The molecule has 0 radical (unpaired) electrons. The van der Waals surface area contributed by atoms with Gasteiger partial charge in [0.25, 0.3) is 1.43 Å². The van der Waals surface area contributed by atoms with Gasteiger partial charge in [0.1, 0.15) is 0 Å². The van der Waals surface area contributed by atoms with E-state index in [0.29, 0.717) is 5.56 Å². The van der Waals surface area contributed by atoms with Crippen LogP contribution < -0.4 is 0 Å². The Morgan fingerprint density at radius 3 is 2.91 bits per heavy atom. The zero-order valence-corrected chi connectivity index (χ0v) is 5.86. The monoisotopic (exact) mass is 153 g/mol. The lowest BCUT2D eigenvalue weighted by Gasteiger charge is -1.95. The molecule has 0 aliphatic heterocycles. The van der Waals surface area contributed by atoms with Crippen molar-refractivity contribution in [3.05, 3.63) is 35.9 Å². The Balaban J connectivity index is 2.75. The molecule has 0 heterocycles. The van der Waals surface area contributed by atoms with Crippen LogP contribution in [0.25, 0.3) is 1.43 Å². The molecule has 2 heteroatoms. The molecule has 1 N–H and O–H groups in total. The highest BCUT2D eigenvalue weighted by molar-refractivity contribution is 5.67. The van der Waals surface area contributed by atoms with Crippen molar-refractivity contribution in [1.29, 1.82) is 1.43 Å². The van der Waals surface area contributed by atoms with Crippen LogP contribution in [0.4, 0.5) is 0 Å². The Bertz CT molecular complexity index is 302. The molecule has 11 heavy (non-hydrogen) atoms. The van der Waals surface area contributed by atoms with E-state index in [1.54, 1.807) is 30.3 Å². The predicted molar refractivity (Wildman–Crippen MR) is 42.4 cm³/mol. The largest absolute Gasteiger partial charge is 0.481 e. The molecule has 1 aromatic carbocycles. The Morgan fingerprint density at radius 1 is 1.55 bits per heavy atom. The smallest absolute Gasteiger partial charge is 0.303 e. The van der Waals surface area contributed by atoms with Crippen molar-refractivity contribution in [3.63, 3.8) is 0 Å². The van der Waals surface area contributed by atoms with Crippen molar-refractivity contribution in [3.8, 4) is 0 Å². The molecule has 0 spiro atoms. The first-order valence-electron chi connectivity index (χ1n) is 4.79. The van der Waals surface area contributed by atoms with Gasteiger partial charge >= 0.3 is 5.97 Å². The minimum atomic E-state index is -1.37. The normalized spacial score (nSPS) is 18.7. The van der Waals surface area contributed by atoms with E-state index < -0.39 is 18.8 Å². The van der Waals surface area contributed by atoms with E-state index in [2.05, 4.69) is 5.11 Å².